The number of pyridine rings is 1. The number of aldehydes is 1. The fraction of sp³-hybridized carbons (Fsp3) is 0.200. The van der Waals surface area contributed by atoms with E-state index in [1.807, 2.05) is 12.3 Å². The first-order chi connectivity index (χ1) is 6.33. The van der Waals surface area contributed by atoms with Crippen molar-refractivity contribution in [2.75, 3.05) is 0 Å². The summed E-state index contributed by atoms with van der Waals surface area (Å²) < 4.78 is 0. The van der Waals surface area contributed by atoms with Crippen molar-refractivity contribution in [3.05, 3.63) is 29.6 Å². The van der Waals surface area contributed by atoms with Crippen molar-refractivity contribution in [1.82, 2.24) is 9.97 Å². The second kappa shape index (κ2) is 3.01. The summed E-state index contributed by atoms with van der Waals surface area (Å²) in [5, 5.41) is 0. The SMILES string of the molecule is CCc1cnc2cc(C=O)[nH]c2c1. The van der Waals surface area contributed by atoms with E-state index in [-0.39, 0.29) is 0 Å². The number of nitrogens with one attached hydrogen (secondary N) is 1. The summed E-state index contributed by atoms with van der Waals surface area (Å²) in [6.07, 6.45) is 3.59. The van der Waals surface area contributed by atoms with Crippen molar-refractivity contribution in [2.45, 2.75) is 13.3 Å². The van der Waals surface area contributed by atoms with Crippen LogP contribution >= 0.6 is 0 Å². The topological polar surface area (TPSA) is 45.8 Å². The van der Waals surface area contributed by atoms with Gasteiger partial charge in [0.2, 0.25) is 0 Å². The normalized spacial score (nSPS) is 10.5. The third-order valence-corrected chi connectivity index (χ3v) is 2.08. The molecule has 2 heterocycles. The number of rotatable bonds is 2. The molecule has 0 aliphatic rings. The van der Waals surface area contributed by atoms with Gasteiger partial charge in [-0.05, 0) is 24.1 Å². The van der Waals surface area contributed by atoms with E-state index in [4.69, 9.17) is 0 Å². The first kappa shape index (κ1) is 7.98. The van der Waals surface area contributed by atoms with Crippen LogP contribution in [-0.2, 0) is 6.42 Å². The highest BCUT2D eigenvalue weighted by Crippen LogP contribution is 2.13. The number of hydrogen-bond donors (Lipinski definition) is 1. The molecule has 66 valence electrons. The van der Waals surface area contributed by atoms with Crippen molar-refractivity contribution in [3.8, 4) is 0 Å². The van der Waals surface area contributed by atoms with Gasteiger partial charge >= 0.3 is 0 Å². The molecule has 3 heteroatoms. The summed E-state index contributed by atoms with van der Waals surface area (Å²) in [5.74, 6) is 0. The number of aromatic amines is 1. The highest BCUT2D eigenvalue weighted by Gasteiger charge is 2.00. The molecule has 0 spiro atoms. The average Bonchev–Trinajstić information content (AvgIpc) is 2.58. The third kappa shape index (κ3) is 1.33. The van der Waals surface area contributed by atoms with Gasteiger partial charge in [-0.1, -0.05) is 6.92 Å². The van der Waals surface area contributed by atoms with Crippen LogP contribution in [0.5, 0.6) is 0 Å². The molecule has 2 aromatic rings. The Morgan fingerprint density at radius 1 is 1.54 bits per heavy atom. The molecule has 0 aliphatic heterocycles. The molecule has 0 aliphatic carbocycles. The van der Waals surface area contributed by atoms with E-state index in [9.17, 15) is 4.79 Å². The van der Waals surface area contributed by atoms with Crippen LogP contribution in [0.3, 0.4) is 0 Å². The number of carbonyl (C=O) groups excluding carboxylic acids is 1. The predicted molar refractivity (Wildman–Crippen MR) is 50.9 cm³/mol. The summed E-state index contributed by atoms with van der Waals surface area (Å²) in [7, 11) is 0. The number of aryl methyl sites for hydroxylation is 1. The van der Waals surface area contributed by atoms with Gasteiger partial charge in [-0.25, -0.2) is 0 Å². The number of aromatic nitrogens is 2. The number of hydrogen-bond acceptors (Lipinski definition) is 2. The molecule has 0 bridgehead atoms. The molecular weight excluding hydrogens is 164 g/mol. The Balaban J connectivity index is 2.63. The second-order valence-corrected chi connectivity index (χ2v) is 2.97. The van der Waals surface area contributed by atoms with Crippen molar-refractivity contribution in [3.63, 3.8) is 0 Å². The fourth-order valence-electron chi connectivity index (χ4n) is 1.33. The van der Waals surface area contributed by atoms with Crippen LogP contribution in [0.4, 0.5) is 0 Å². The van der Waals surface area contributed by atoms with E-state index in [1.54, 1.807) is 6.07 Å². The Morgan fingerprint density at radius 2 is 2.38 bits per heavy atom. The molecule has 0 radical (unpaired) electrons. The van der Waals surface area contributed by atoms with Crippen molar-refractivity contribution < 1.29 is 4.79 Å². The van der Waals surface area contributed by atoms with E-state index < -0.39 is 0 Å². The van der Waals surface area contributed by atoms with Gasteiger partial charge in [-0.3, -0.25) is 9.78 Å². The van der Waals surface area contributed by atoms with Gasteiger partial charge in [0.05, 0.1) is 16.7 Å². The van der Waals surface area contributed by atoms with E-state index in [1.165, 1.54) is 5.56 Å². The largest absolute Gasteiger partial charge is 0.351 e. The van der Waals surface area contributed by atoms with Gasteiger partial charge < -0.3 is 4.98 Å². The van der Waals surface area contributed by atoms with Crippen LogP contribution in [0.25, 0.3) is 11.0 Å². The lowest BCUT2D eigenvalue weighted by Gasteiger charge is -1.94. The third-order valence-electron chi connectivity index (χ3n) is 2.08. The Kier molecular flexibility index (Phi) is 1.85. The van der Waals surface area contributed by atoms with E-state index in [0.29, 0.717) is 5.69 Å². The standard InChI is InChI=1S/C10H10N2O/c1-2-7-3-10-9(11-5-7)4-8(6-13)12-10/h3-6,12H,2H2,1H3. The first-order valence-electron chi connectivity index (χ1n) is 4.26. The summed E-state index contributed by atoms with van der Waals surface area (Å²) in [6.45, 7) is 2.08. The van der Waals surface area contributed by atoms with Crippen molar-refractivity contribution in [2.24, 2.45) is 0 Å². The minimum Gasteiger partial charge on any atom is -0.351 e. The lowest BCUT2D eigenvalue weighted by Crippen LogP contribution is -1.82. The number of nitrogens with zero attached hydrogens (tertiary/aromatic N) is 1. The van der Waals surface area contributed by atoms with Crippen LogP contribution in [-0.4, -0.2) is 16.3 Å². The fourth-order valence-corrected chi connectivity index (χ4v) is 1.33. The Hall–Kier alpha value is -1.64. The molecule has 3 nitrogen and oxygen atoms in total. The molecule has 2 rings (SSSR count). The molecule has 2 aromatic heterocycles. The number of fused-ring (bicyclic) bond motifs is 1. The van der Waals surface area contributed by atoms with Gasteiger partial charge in [-0.2, -0.15) is 0 Å². The Bertz CT molecular complexity index is 445. The summed E-state index contributed by atoms with van der Waals surface area (Å²) in [6, 6.07) is 3.77. The molecule has 1 N–H and O–H groups in total. The minimum absolute atomic E-state index is 0.579. The van der Waals surface area contributed by atoms with Gasteiger partial charge in [0.25, 0.3) is 0 Å². The van der Waals surface area contributed by atoms with E-state index in [2.05, 4.69) is 16.9 Å². The van der Waals surface area contributed by atoms with Crippen LogP contribution in [0.1, 0.15) is 23.0 Å². The maximum Gasteiger partial charge on any atom is 0.166 e. The monoisotopic (exact) mass is 174 g/mol. The smallest absolute Gasteiger partial charge is 0.166 e. The van der Waals surface area contributed by atoms with Crippen LogP contribution in [0, 0.1) is 0 Å². The lowest BCUT2D eigenvalue weighted by molar-refractivity contribution is 0.112. The Morgan fingerprint density at radius 3 is 3.08 bits per heavy atom. The van der Waals surface area contributed by atoms with Crippen molar-refractivity contribution in [1.29, 1.82) is 0 Å². The average molecular weight is 174 g/mol. The van der Waals surface area contributed by atoms with Crippen LogP contribution < -0.4 is 0 Å². The molecule has 0 unspecified atom stereocenters. The quantitative estimate of drug-likeness (QED) is 0.707. The van der Waals surface area contributed by atoms with Gasteiger partial charge in [0, 0.05) is 6.20 Å². The second-order valence-electron chi connectivity index (χ2n) is 2.97. The predicted octanol–water partition coefficient (Wildman–Crippen LogP) is 1.94. The van der Waals surface area contributed by atoms with Gasteiger partial charge in [-0.15, -0.1) is 0 Å². The molecule has 0 saturated carbocycles. The molecular formula is C10H10N2O. The maximum absolute atomic E-state index is 10.5. The summed E-state index contributed by atoms with van der Waals surface area (Å²) >= 11 is 0. The molecule has 0 saturated heterocycles. The van der Waals surface area contributed by atoms with Gasteiger partial charge in [0.1, 0.15) is 0 Å². The molecule has 13 heavy (non-hydrogen) atoms. The minimum atomic E-state index is 0.579. The van der Waals surface area contributed by atoms with Gasteiger partial charge in [0.15, 0.2) is 6.29 Å². The Labute approximate surface area is 75.8 Å². The first-order valence-corrected chi connectivity index (χ1v) is 4.26. The number of carbonyl (C=O) groups is 1. The van der Waals surface area contributed by atoms with E-state index >= 15 is 0 Å². The maximum atomic E-state index is 10.5. The summed E-state index contributed by atoms with van der Waals surface area (Å²) in [4.78, 5) is 17.7. The highest BCUT2D eigenvalue weighted by atomic mass is 16.1. The van der Waals surface area contributed by atoms with E-state index in [0.717, 1.165) is 23.7 Å². The zero-order valence-corrected chi connectivity index (χ0v) is 7.37. The molecule has 0 amide bonds. The zero-order chi connectivity index (χ0) is 9.26. The molecule has 0 fully saturated rings. The highest BCUT2D eigenvalue weighted by molar-refractivity contribution is 5.85. The van der Waals surface area contributed by atoms with Crippen LogP contribution in [0.15, 0.2) is 18.3 Å². The molecule has 0 atom stereocenters. The van der Waals surface area contributed by atoms with Crippen LogP contribution in [0.2, 0.25) is 0 Å². The lowest BCUT2D eigenvalue weighted by atomic mass is 10.2. The number of H-pyrrole nitrogens is 1. The molecule has 0 aromatic carbocycles. The van der Waals surface area contributed by atoms with Crippen molar-refractivity contribution >= 4 is 17.3 Å². The zero-order valence-electron chi connectivity index (χ0n) is 7.37. The summed E-state index contributed by atoms with van der Waals surface area (Å²) in [5.41, 5.74) is 3.53.